The molecule has 0 unspecified atom stereocenters. The molecule has 1 aromatic heterocycles. The summed E-state index contributed by atoms with van der Waals surface area (Å²) in [5.74, 6) is -1.93. The lowest BCUT2D eigenvalue weighted by atomic mass is 10.4. The van der Waals surface area contributed by atoms with E-state index in [1.807, 2.05) is 0 Å². The second-order valence-corrected chi connectivity index (χ2v) is 1.95. The molecule has 0 radical (unpaired) electrons. The van der Waals surface area contributed by atoms with Gasteiger partial charge in [-0.3, -0.25) is 4.79 Å². The first-order valence-corrected chi connectivity index (χ1v) is 2.94. The van der Waals surface area contributed by atoms with Crippen LogP contribution in [0.5, 0.6) is 0 Å². The first kappa shape index (κ1) is 8.18. The van der Waals surface area contributed by atoms with Gasteiger partial charge in [0.15, 0.2) is 0 Å². The Balaban J connectivity index is 2.91. The maximum absolute atomic E-state index is 10.5. The van der Waals surface area contributed by atoms with Crippen LogP contribution in [0.3, 0.4) is 0 Å². The standard InChI is InChI=1S/C5H5N3O4/c1-2(9)6-4-3(5(10)11)7-12-8-4/h1H3,(H,10,11)(H,6,8,9). The molecule has 0 saturated heterocycles. The molecule has 0 fully saturated rings. The predicted octanol–water partition coefficient (Wildman–Crippen LogP) is -0.274. The molecule has 0 atom stereocenters. The van der Waals surface area contributed by atoms with Gasteiger partial charge in [-0.25, -0.2) is 9.42 Å². The quantitative estimate of drug-likeness (QED) is 0.634. The SMILES string of the molecule is CC(=O)Nc1nonc1C(=O)O. The summed E-state index contributed by atoms with van der Waals surface area (Å²) in [5.41, 5.74) is -0.412. The maximum atomic E-state index is 10.5. The second kappa shape index (κ2) is 2.99. The van der Waals surface area contributed by atoms with E-state index in [4.69, 9.17) is 5.11 Å². The summed E-state index contributed by atoms with van der Waals surface area (Å²) in [6, 6.07) is 0. The third-order valence-electron chi connectivity index (χ3n) is 0.986. The summed E-state index contributed by atoms with van der Waals surface area (Å²) >= 11 is 0. The average Bonchev–Trinajstić information content (AvgIpc) is 2.33. The van der Waals surface area contributed by atoms with Gasteiger partial charge in [0, 0.05) is 6.92 Å². The molecular weight excluding hydrogens is 166 g/mol. The van der Waals surface area contributed by atoms with Crippen LogP contribution < -0.4 is 5.32 Å². The van der Waals surface area contributed by atoms with Crippen molar-refractivity contribution in [2.75, 3.05) is 5.32 Å². The van der Waals surface area contributed by atoms with E-state index >= 15 is 0 Å². The number of amides is 1. The minimum atomic E-state index is -1.31. The molecule has 2 N–H and O–H groups in total. The molecule has 12 heavy (non-hydrogen) atoms. The number of rotatable bonds is 2. The Morgan fingerprint density at radius 3 is 2.67 bits per heavy atom. The molecule has 0 bridgehead atoms. The smallest absolute Gasteiger partial charge is 0.362 e. The summed E-state index contributed by atoms with van der Waals surface area (Å²) < 4.78 is 4.11. The van der Waals surface area contributed by atoms with Crippen molar-refractivity contribution in [1.29, 1.82) is 0 Å². The molecule has 0 aromatic carbocycles. The summed E-state index contributed by atoms with van der Waals surface area (Å²) in [6.45, 7) is 1.22. The molecule has 0 saturated carbocycles. The summed E-state index contributed by atoms with van der Waals surface area (Å²) in [6.07, 6.45) is 0. The fraction of sp³-hybridized carbons (Fsp3) is 0.200. The van der Waals surface area contributed by atoms with Gasteiger partial charge < -0.3 is 10.4 Å². The summed E-state index contributed by atoms with van der Waals surface area (Å²) in [7, 11) is 0. The molecule has 0 aliphatic rings. The van der Waals surface area contributed by atoms with Gasteiger partial charge >= 0.3 is 5.97 Å². The van der Waals surface area contributed by atoms with Crippen LogP contribution in [0.25, 0.3) is 0 Å². The van der Waals surface area contributed by atoms with Crippen LogP contribution >= 0.6 is 0 Å². The Morgan fingerprint density at radius 1 is 1.50 bits per heavy atom. The van der Waals surface area contributed by atoms with Gasteiger partial charge in [-0.05, 0) is 10.3 Å². The normalized spacial score (nSPS) is 9.42. The third kappa shape index (κ3) is 1.57. The van der Waals surface area contributed by atoms with Crippen molar-refractivity contribution in [1.82, 2.24) is 10.3 Å². The maximum Gasteiger partial charge on any atom is 0.362 e. The Labute approximate surface area is 66.3 Å². The van der Waals surface area contributed by atoms with Crippen LogP contribution in [-0.4, -0.2) is 27.3 Å². The van der Waals surface area contributed by atoms with Gasteiger partial charge in [-0.1, -0.05) is 0 Å². The predicted molar refractivity (Wildman–Crippen MR) is 35.6 cm³/mol. The van der Waals surface area contributed by atoms with Crippen molar-refractivity contribution < 1.29 is 19.3 Å². The van der Waals surface area contributed by atoms with Gasteiger partial charge in [0.25, 0.3) is 0 Å². The molecule has 0 aliphatic carbocycles. The molecule has 64 valence electrons. The van der Waals surface area contributed by atoms with Crippen LogP contribution in [0.4, 0.5) is 5.82 Å². The lowest BCUT2D eigenvalue weighted by Gasteiger charge is -1.93. The van der Waals surface area contributed by atoms with E-state index in [1.54, 1.807) is 0 Å². The van der Waals surface area contributed by atoms with E-state index in [1.165, 1.54) is 6.92 Å². The van der Waals surface area contributed by atoms with Gasteiger partial charge in [-0.15, -0.1) is 0 Å². The lowest BCUT2D eigenvalue weighted by molar-refractivity contribution is -0.114. The Bertz CT molecular complexity index is 318. The van der Waals surface area contributed by atoms with Crippen molar-refractivity contribution >= 4 is 17.7 Å². The fourth-order valence-electron chi connectivity index (χ4n) is 0.578. The highest BCUT2D eigenvalue weighted by Crippen LogP contribution is 2.08. The van der Waals surface area contributed by atoms with Crippen molar-refractivity contribution in [2.45, 2.75) is 6.92 Å². The summed E-state index contributed by atoms with van der Waals surface area (Å²) in [4.78, 5) is 20.8. The highest BCUT2D eigenvalue weighted by atomic mass is 16.6. The zero-order valence-corrected chi connectivity index (χ0v) is 6.07. The topological polar surface area (TPSA) is 105 Å². The van der Waals surface area contributed by atoms with Gasteiger partial charge in [0.05, 0.1) is 0 Å². The van der Waals surface area contributed by atoms with Crippen LogP contribution in [0.2, 0.25) is 0 Å². The van der Waals surface area contributed by atoms with Crippen molar-refractivity contribution in [3.8, 4) is 0 Å². The molecule has 1 rings (SSSR count). The number of nitrogens with zero attached hydrogens (tertiary/aromatic N) is 2. The van der Waals surface area contributed by atoms with E-state index in [9.17, 15) is 9.59 Å². The molecule has 0 spiro atoms. The molecule has 7 nitrogen and oxygen atoms in total. The van der Waals surface area contributed by atoms with Crippen molar-refractivity contribution in [2.24, 2.45) is 0 Å². The second-order valence-electron chi connectivity index (χ2n) is 1.95. The number of carbonyl (C=O) groups excluding carboxylic acids is 1. The van der Waals surface area contributed by atoms with Crippen molar-refractivity contribution in [3.05, 3.63) is 5.69 Å². The first-order valence-electron chi connectivity index (χ1n) is 2.94. The number of hydrogen-bond acceptors (Lipinski definition) is 5. The monoisotopic (exact) mass is 171 g/mol. The molecular formula is C5H5N3O4. The van der Waals surface area contributed by atoms with E-state index in [0.717, 1.165) is 0 Å². The number of carboxylic acids is 1. The molecule has 1 aromatic rings. The Hall–Kier alpha value is -1.92. The molecule has 7 heteroatoms. The minimum Gasteiger partial charge on any atom is -0.476 e. The molecule has 1 amide bonds. The number of aromatic nitrogens is 2. The third-order valence-corrected chi connectivity index (χ3v) is 0.986. The Kier molecular flexibility index (Phi) is 2.04. The largest absolute Gasteiger partial charge is 0.476 e. The van der Waals surface area contributed by atoms with E-state index in [2.05, 4.69) is 20.3 Å². The number of hydrogen-bond donors (Lipinski definition) is 2. The zero-order valence-electron chi connectivity index (χ0n) is 6.07. The van der Waals surface area contributed by atoms with Crippen LogP contribution in [-0.2, 0) is 4.79 Å². The number of carbonyl (C=O) groups is 2. The van der Waals surface area contributed by atoms with Gasteiger partial charge in [0.2, 0.25) is 17.4 Å². The van der Waals surface area contributed by atoms with Crippen molar-refractivity contribution in [3.63, 3.8) is 0 Å². The molecule has 0 aliphatic heterocycles. The minimum absolute atomic E-state index is 0.185. The average molecular weight is 171 g/mol. The van der Waals surface area contributed by atoms with Crippen LogP contribution in [0.15, 0.2) is 4.63 Å². The summed E-state index contributed by atoms with van der Waals surface area (Å²) in [5, 5.41) is 16.8. The highest BCUT2D eigenvalue weighted by molar-refractivity contribution is 5.96. The zero-order chi connectivity index (χ0) is 9.14. The van der Waals surface area contributed by atoms with E-state index < -0.39 is 17.6 Å². The van der Waals surface area contributed by atoms with Crippen LogP contribution in [0, 0.1) is 0 Å². The number of anilines is 1. The number of nitrogens with one attached hydrogen (secondary N) is 1. The number of aromatic carboxylic acids is 1. The highest BCUT2D eigenvalue weighted by Gasteiger charge is 2.17. The van der Waals surface area contributed by atoms with Crippen LogP contribution in [0.1, 0.15) is 17.4 Å². The van der Waals surface area contributed by atoms with E-state index in [0.29, 0.717) is 0 Å². The van der Waals surface area contributed by atoms with Gasteiger partial charge in [-0.2, -0.15) is 0 Å². The van der Waals surface area contributed by atoms with E-state index in [-0.39, 0.29) is 5.82 Å². The number of carboxylic acid groups (broad SMARTS) is 1. The van der Waals surface area contributed by atoms with Gasteiger partial charge in [0.1, 0.15) is 0 Å². The fourth-order valence-corrected chi connectivity index (χ4v) is 0.578. The Morgan fingerprint density at radius 2 is 2.17 bits per heavy atom. The first-order chi connectivity index (χ1) is 5.61. The molecule has 1 heterocycles. The lowest BCUT2D eigenvalue weighted by Crippen LogP contribution is -2.10.